The number of carbonyl (C=O) groups excluding carboxylic acids is 1. The molecule has 0 spiro atoms. The van der Waals surface area contributed by atoms with Gasteiger partial charge in [-0.3, -0.25) is 4.79 Å². The number of nitrogens with zero attached hydrogens (tertiary/aromatic N) is 3. The van der Waals surface area contributed by atoms with Gasteiger partial charge in [0, 0.05) is 17.1 Å². The SMILES string of the molecule is CCCNC(=O)c1nc(-c2ccc(Cl)cc2)n(-c2cccc(C)c2)n1. The van der Waals surface area contributed by atoms with Crippen molar-refractivity contribution in [3.63, 3.8) is 0 Å². The molecule has 3 rings (SSSR count). The van der Waals surface area contributed by atoms with Gasteiger partial charge in [0.2, 0.25) is 5.82 Å². The number of aromatic nitrogens is 3. The summed E-state index contributed by atoms with van der Waals surface area (Å²) in [4.78, 5) is 16.7. The Morgan fingerprint density at radius 1 is 1.20 bits per heavy atom. The van der Waals surface area contributed by atoms with Crippen molar-refractivity contribution >= 4 is 17.5 Å². The third kappa shape index (κ3) is 3.88. The number of aryl methyl sites for hydroxylation is 1. The van der Waals surface area contributed by atoms with Crippen LogP contribution < -0.4 is 5.32 Å². The summed E-state index contributed by atoms with van der Waals surface area (Å²) < 4.78 is 1.69. The lowest BCUT2D eigenvalue weighted by Gasteiger charge is -2.06. The third-order valence-electron chi connectivity index (χ3n) is 3.69. The highest BCUT2D eigenvalue weighted by Gasteiger charge is 2.18. The van der Waals surface area contributed by atoms with E-state index in [4.69, 9.17) is 11.6 Å². The van der Waals surface area contributed by atoms with Gasteiger partial charge in [0.05, 0.1) is 5.69 Å². The van der Waals surface area contributed by atoms with Crippen LogP contribution in [0.25, 0.3) is 17.1 Å². The maximum Gasteiger partial charge on any atom is 0.290 e. The molecule has 0 atom stereocenters. The molecule has 0 saturated heterocycles. The molecule has 1 heterocycles. The predicted molar refractivity (Wildman–Crippen MR) is 99.2 cm³/mol. The average Bonchev–Trinajstić information content (AvgIpc) is 3.06. The Kier molecular flexibility index (Phi) is 5.14. The molecule has 0 unspecified atom stereocenters. The summed E-state index contributed by atoms with van der Waals surface area (Å²) in [5.74, 6) is 0.479. The molecule has 0 aliphatic heterocycles. The quantitative estimate of drug-likeness (QED) is 0.752. The van der Waals surface area contributed by atoms with E-state index in [0.717, 1.165) is 23.2 Å². The number of nitrogens with one attached hydrogen (secondary N) is 1. The number of hydrogen-bond acceptors (Lipinski definition) is 3. The smallest absolute Gasteiger partial charge is 0.290 e. The van der Waals surface area contributed by atoms with Gasteiger partial charge in [0.15, 0.2) is 5.82 Å². The molecule has 3 aromatic rings. The molecule has 5 nitrogen and oxygen atoms in total. The van der Waals surface area contributed by atoms with Crippen LogP contribution in [0.3, 0.4) is 0 Å². The van der Waals surface area contributed by atoms with Crippen molar-refractivity contribution in [3.05, 3.63) is 64.9 Å². The maximum atomic E-state index is 12.3. The predicted octanol–water partition coefficient (Wildman–Crippen LogP) is 4.04. The van der Waals surface area contributed by atoms with Crippen LogP contribution in [-0.4, -0.2) is 27.2 Å². The topological polar surface area (TPSA) is 59.8 Å². The lowest BCUT2D eigenvalue weighted by Crippen LogP contribution is -2.25. The van der Waals surface area contributed by atoms with E-state index in [1.807, 2.05) is 50.2 Å². The van der Waals surface area contributed by atoms with Gasteiger partial charge < -0.3 is 5.32 Å². The minimum absolute atomic E-state index is 0.153. The molecule has 1 N–H and O–H groups in total. The zero-order valence-corrected chi connectivity index (χ0v) is 14.9. The Bertz CT molecular complexity index is 887. The van der Waals surface area contributed by atoms with Crippen LogP contribution in [0.5, 0.6) is 0 Å². The number of halogens is 1. The Hall–Kier alpha value is -2.66. The first-order chi connectivity index (χ1) is 12.1. The summed E-state index contributed by atoms with van der Waals surface area (Å²) in [5.41, 5.74) is 2.80. The molecule has 1 aromatic heterocycles. The number of rotatable bonds is 5. The Morgan fingerprint density at radius 2 is 1.96 bits per heavy atom. The zero-order valence-electron chi connectivity index (χ0n) is 14.2. The fraction of sp³-hybridized carbons (Fsp3) is 0.211. The van der Waals surface area contributed by atoms with Crippen molar-refractivity contribution in [1.29, 1.82) is 0 Å². The highest BCUT2D eigenvalue weighted by molar-refractivity contribution is 6.30. The molecule has 0 bridgehead atoms. The van der Waals surface area contributed by atoms with E-state index in [0.29, 0.717) is 17.4 Å². The molecule has 2 aromatic carbocycles. The van der Waals surface area contributed by atoms with Gasteiger partial charge in [-0.05, 0) is 55.3 Å². The molecule has 6 heteroatoms. The second kappa shape index (κ2) is 7.49. The molecular formula is C19H19ClN4O. The number of hydrogen-bond donors (Lipinski definition) is 1. The molecule has 0 aliphatic carbocycles. The van der Waals surface area contributed by atoms with Crippen molar-refractivity contribution < 1.29 is 4.79 Å². The Morgan fingerprint density at radius 3 is 2.64 bits per heavy atom. The van der Waals surface area contributed by atoms with Crippen molar-refractivity contribution in [2.75, 3.05) is 6.54 Å². The lowest BCUT2D eigenvalue weighted by molar-refractivity contribution is 0.0943. The molecule has 0 radical (unpaired) electrons. The van der Waals surface area contributed by atoms with Gasteiger partial charge in [-0.2, -0.15) is 0 Å². The van der Waals surface area contributed by atoms with Gasteiger partial charge in [-0.1, -0.05) is 30.7 Å². The molecule has 1 amide bonds. The van der Waals surface area contributed by atoms with Crippen molar-refractivity contribution in [1.82, 2.24) is 20.1 Å². The Labute approximate surface area is 151 Å². The third-order valence-corrected chi connectivity index (χ3v) is 3.95. The summed E-state index contributed by atoms with van der Waals surface area (Å²) in [5, 5.41) is 7.89. The van der Waals surface area contributed by atoms with E-state index in [1.54, 1.807) is 16.8 Å². The monoisotopic (exact) mass is 354 g/mol. The van der Waals surface area contributed by atoms with Crippen LogP contribution in [0.2, 0.25) is 5.02 Å². The minimum Gasteiger partial charge on any atom is -0.349 e. The van der Waals surface area contributed by atoms with Gasteiger partial charge >= 0.3 is 0 Å². The van der Waals surface area contributed by atoms with E-state index in [9.17, 15) is 4.79 Å². The molecule has 0 fully saturated rings. The fourth-order valence-corrected chi connectivity index (χ4v) is 2.58. The average molecular weight is 355 g/mol. The number of benzene rings is 2. The number of amides is 1. The maximum absolute atomic E-state index is 12.3. The summed E-state index contributed by atoms with van der Waals surface area (Å²) >= 11 is 5.98. The molecule has 0 saturated carbocycles. The lowest BCUT2D eigenvalue weighted by atomic mass is 10.2. The largest absolute Gasteiger partial charge is 0.349 e. The first kappa shape index (κ1) is 17.2. The molecule has 128 valence electrons. The van der Waals surface area contributed by atoms with Crippen LogP contribution in [0.4, 0.5) is 0 Å². The van der Waals surface area contributed by atoms with Crippen LogP contribution in [0, 0.1) is 6.92 Å². The molecule has 25 heavy (non-hydrogen) atoms. The van der Waals surface area contributed by atoms with E-state index < -0.39 is 0 Å². The van der Waals surface area contributed by atoms with Gasteiger partial charge in [0.1, 0.15) is 0 Å². The van der Waals surface area contributed by atoms with Crippen molar-refractivity contribution in [3.8, 4) is 17.1 Å². The minimum atomic E-state index is -0.275. The van der Waals surface area contributed by atoms with Crippen molar-refractivity contribution in [2.24, 2.45) is 0 Å². The van der Waals surface area contributed by atoms with Gasteiger partial charge in [-0.25, -0.2) is 9.67 Å². The summed E-state index contributed by atoms with van der Waals surface area (Å²) in [6.07, 6.45) is 0.856. The first-order valence-corrected chi connectivity index (χ1v) is 8.54. The van der Waals surface area contributed by atoms with Crippen LogP contribution in [-0.2, 0) is 0 Å². The summed E-state index contributed by atoms with van der Waals surface area (Å²) in [6.45, 7) is 4.60. The zero-order chi connectivity index (χ0) is 17.8. The second-order valence-electron chi connectivity index (χ2n) is 5.77. The highest BCUT2D eigenvalue weighted by atomic mass is 35.5. The highest BCUT2D eigenvalue weighted by Crippen LogP contribution is 2.23. The van der Waals surface area contributed by atoms with E-state index in [1.165, 1.54) is 0 Å². The Balaban J connectivity index is 2.09. The van der Waals surface area contributed by atoms with Crippen molar-refractivity contribution in [2.45, 2.75) is 20.3 Å². The van der Waals surface area contributed by atoms with Crippen LogP contribution >= 0.6 is 11.6 Å². The second-order valence-corrected chi connectivity index (χ2v) is 6.21. The standard InChI is InChI=1S/C19H19ClN4O/c1-3-11-21-19(25)17-22-18(14-7-9-15(20)10-8-14)24(23-17)16-6-4-5-13(2)12-16/h4-10,12H,3,11H2,1-2H3,(H,21,25). The van der Waals surface area contributed by atoms with Crippen LogP contribution in [0.1, 0.15) is 29.5 Å². The van der Waals surface area contributed by atoms with Gasteiger partial charge in [-0.15, -0.1) is 5.10 Å². The number of carbonyl (C=O) groups is 1. The molecule has 0 aliphatic rings. The first-order valence-electron chi connectivity index (χ1n) is 8.16. The van der Waals surface area contributed by atoms with Crippen LogP contribution in [0.15, 0.2) is 48.5 Å². The summed E-state index contributed by atoms with van der Waals surface area (Å²) in [6, 6.07) is 15.2. The summed E-state index contributed by atoms with van der Waals surface area (Å²) in [7, 11) is 0. The normalized spacial score (nSPS) is 10.7. The van der Waals surface area contributed by atoms with E-state index >= 15 is 0 Å². The molecular weight excluding hydrogens is 336 g/mol. The van der Waals surface area contributed by atoms with E-state index in [2.05, 4.69) is 15.4 Å². The van der Waals surface area contributed by atoms with E-state index in [-0.39, 0.29) is 11.7 Å². The fourth-order valence-electron chi connectivity index (χ4n) is 2.45. The van der Waals surface area contributed by atoms with Gasteiger partial charge in [0.25, 0.3) is 5.91 Å².